The maximum atomic E-state index is 11.9. The summed E-state index contributed by atoms with van der Waals surface area (Å²) in [5, 5.41) is 0.947. The van der Waals surface area contributed by atoms with Gasteiger partial charge in [0.25, 0.3) is 11.3 Å². The van der Waals surface area contributed by atoms with E-state index in [9.17, 15) is 8.76 Å². The van der Waals surface area contributed by atoms with E-state index in [0.29, 0.717) is 12.2 Å². The van der Waals surface area contributed by atoms with Gasteiger partial charge >= 0.3 is 0 Å². The van der Waals surface area contributed by atoms with Gasteiger partial charge < -0.3 is 0 Å². The van der Waals surface area contributed by atoms with E-state index >= 15 is 0 Å². The predicted molar refractivity (Wildman–Crippen MR) is 118 cm³/mol. The van der Waals surface area contributed by atoms with Crippen molar-refractivity contribution in [3.63, 3.8) is 0 Å². The molecule has 4 nitrogen and oxygen atoms in total. The number of rotatable bonds is 5. The molecule has 1 heterocycles. The van der Waals surface area contributed by atoms with Gasteiger partial charge in [-0.25, -0.2) is 9.19 Å². The fourth-order valence-electron chi connectivity index (χ4n) is 3.14. The highest BCUT2D eigenvalue weighted by atomic mass is 32.2. The third-order valence-corrected chi connectivity index (χ3v) is 6.33. The van der Waals surface area contributed by atoms with Gasteiger partial charge in [-0.3, -0.25) is 8.86 Å². The van der Waals surface area contributed by atoms with Crippen LogP contribution in [-0.2, 0) is 17.8 Å². The lowest BCUT2D eigenvalue weighted by Crippen LogP contribution is -2.24. The molecule has 0 spiro atoms. The topological polar surface area (TPSA) is 53.4 Å². The quantitative estimate of drug-likeness (QED) is 0.430. The number of aromatic nitrogens is 1. The van der Waals surface area contributed by atoms with Crippen LogP contribution in [0.3, 0.4) is 0 Å². The summed E-state index contributed by atoms with van der Waals surface area (Å²) in [5.74, 6) is 0. The summed E-state index contributed by atoms with van der Waals surface area (Å²) in [5.41, 5.74) is 6.03. The first kappa shape index (κ1) is 18.8. The van der Waals surface area contributed by atoms with Crippen molar-refractivity contribution in [2.24, 2.45) is 0 Å². The maximum Gasteiger partial charge on any atom is 0.262 e. The van der Waals surface area contributed by atoms with Gasteiger partial charge in [-0.15, -0.1) is 11.3 Å². The van der Waals surface area contributed by atoms with Crippen LogP contribution in [0.15, 0.2) is 66.7 Å². The van der Waals surface area contributed by atoms with E-state index < -0.39 is 11.3 Å². The van der Waals surface area contributed by atoms with Crippen LogP contribution in [0.4, 0.5) is 5.69 Å². The van der Waals surface area contributed by atoms with Crippen LogP contribution in [0.5, 0.6) is 0 Å². The number of hydrogen-bond donors (Lipinski definition) is 1. The van der Waals surface area contributed by atoms with Crippen molar-refractivity contribution in [2.75, 3.05) is 4.31 Å². The van der Waals surface area contributed by atoms with Crippen molar-refractivity contribution < 1.29 is 8.76 Å². The number of nitrogens with zero attached hydrogens (tertiary/aromatic N) is 2. The standard InChI is InChI=1S/C22H20N2O2S2/c1-15-4-3-5-17(12-15)14-24(28(25)26)19-9-7-18(8-10-19)22-23-20-11-6-16(2)13-21(20)27-22/h3-13H,14H2,1-2H3,(H,25,26). The van der Waals surface area contributed by atoms with Crippen molar-refractivity contribution in [2.45, 2.75) is 20.4 Å². The van der Waals surface area contributed by atoms with Gasteiger partial charge in [0.15, 0.2) is 0 Å². The Bertz CT molecular complexity index is 1150. The van der Waals surface area contributed by atoms with Crippen molar-refractivity contribution in [3.05, 3.63) is 83.4 Å². The third-order valence-electron chi connectivity index (χ3n) is 4.54. The summed E-state index contributed by atoms with van der Waals surface area (Å²) in [6, 6.07) is 21.9. The summed E-state index contributed by atoms with van der Waals surface area (Å²) in [6.45, 7) is 4.45. The molecule has 0 radical (unpaired) electrons. The van der Waals surface area contributed by atoms with Gasteiger partial charge in [0.05, 0.1) is 22.4 Å². The van der Waals surface area contributed by atoms with E-state index in [1.54, 1.807) is 11.3 Å². The van der Waals surface area contributed by atoms with E-state index in [1.807, 2.05) is 61.5 Å². The molecule has 0 bridgehead atoms. The minimum atomic E-state index is -2.11. The molecule has 4 aromatic rings. The molecule has 6 heteroatoms. The molecule has 0 fully saturated rings. The molecule has 0 aliphatic rings. The highest BCUT2D eigenvalue weighted by Crippen LogP contribution is 2.32. The van der Waals surface area contributed by atoms with Crippen molar-refractivity contribution in [1.82, 2.24) is 4.98 Å². The molecular formula is C22H20N2O2S2. The normalized spacial score (nSPS) is 12.2. The monoisotopic (exact) mass is 408 g/mol. The predicted octanol–water partition coefficient (Wildman–Crippen LogP) is 5.72. The van der Waals surface area contributed by atoms with Gasteiger partial charge in [-0.1, -0.05) is 35.9 Å². The highest BCUT2D eigenvalue weighted by molar-refractivity contribution is 7.80. The van der Waals surface area contributed by atoms with E-state index in [4.69, 9.17) is 4.98 Å². The fourth-order valence-corrected chi connectivity index (χ4v) is 4.77. The molecule has 3 aromatic carbocycles. The SMILES string of the molecule is Cc1cccc(CN(c2ccc(-c3nc4ccc(C)cc4s3)cc2)S(=O)O)c1. The van der Waals surface area contributed by atoms with Crippen LogP contribution in [-0.4, -0.2) is 13.7 Å². The molecule has 1 aromatic heterocycles. The molecule has 0 saturated heterocycles. The van der Waals surface area contributed by atoms with Gasteiger partial charge in [0.1, 0.15) is 5.01 Å². The molecule has 142 valence electrons. The summed E-state index contributed by atoms with van der Waals surface area (Å²) < 4.78 is 24.3. The van der Waals surface area contributed by atoms with Gasteiger partial charge in [0.2, 0.25) is 0 Å². The minimum Gasteiger partial charge on any atom is -0.289 e. The molecule has 1 N–H and O–H groups in total. The smallest absolute Gasteiger partial charge is 0.262 e. The largest absolute Gasteiger partial charge is 0.289 e. The zero-order valence-corrected chi connectivity index (χ0v) is 17.3. The van der Waals surface area contributed by atoms with E-state index in [1.165, 1.54) is 9.87 Å². The number of anilines is 1. The van der Waals surface area contributed by atoms with Crippen LogP contribution in [0.25, 0.3) is 20.8 Å². The van der Waals surface area contributed by atoms with Crippen LogP contribution >= 0.6 is 11.3 Å². The van der Waals surface area contributed by atoms with Crippen molar-refractivity contribution in [3.8, 4) is 10.6 Å². The van der Waals surface area contributed by atoms with Gasteiger partial charge in [-0.2, -0.15) is 0 Å². The zero-order chi connectivity index (χ0) is 19.7. The lowest BCUT2D eigenvalue weighted by Gasteiger charge is -2.20. The van der Waals surface area contributed by atoms with Gasteiger partial charge in [0, 0.05) is 5.56 Å². The Morgan fingerprint density at radius 1 is 1.00 bits per heavy atom. The minimum absolute atomic E-state index is 0.366. The number of thiazole rings is 1. The molecule has 4 rings (SSSR count). The second-order valence-corrected chi connectivity index (χ2v) is 8.73. The van der Waals surface area contributed by atoms with E-state index in [2.05, 4.69) is 19.1 Å². The molecule has 0 aliphatic carbocycles. The van der Waals surface area contributed by atoms with Crippen LogP contribution in [0.1, 0.15) is 16.7 Å². The lowest BCUT2D eigenvalue weighted by atomic mass is 10.1. The number of aryl methyl sites for hydroxylation is 2. The summed E-state index contributed by atoms with van der Waals surface area (Å²) in [7, 11) is 0. The lowest BCUT2D eigenvalue weighted by molar-refractivity contribution is 0.558. The fraction of sp³-hybridized carbons (Fsp3) is 0.136. The Morgan fingerprint density at radius 2 is 1.75 bits per heavy atom. The average Bonchev–Trinajstić information content (AvgIpc) is 3.09. The van der Waals surface area contributed by atoms with Crippen LogP contribution in [0.2, 0.25) is 0 Å². The van der Waals surface area contributed by atoms with Crippen LogP contribution < -0.4 is 4.31 Å². The first-order chi connectivity index (χ1) is 13.5. The Balaban J connectivity index is 1.61. The molecule has 1 atom stereocenters. The Labute approximate surface area is 170 Å². The van der Waals surface area contributed by atoms with Crippen LogP contribution in [0, 0.1) is 13.8 Å². The number of fused-ring (bicyclic) bond motifs is 1. The first-order valence-electron chi connectivity index (χ1n) is 8.91. The number of hydrogen-bond acceptors (Lipinski definition) is 3. The van der Waals surface area contributed by atoms with E-state index in [-0.39, 0.29) is 0 Å². The number of benzene rings is 3. The summed E-state index contributed by atoms with van der Waals surface area (Å²) in [4.78, 5) is 4.71. The second kappa shape index (κ2) is 7.83. The zero-order valence-electron chi connectivity index (χ0n) is 15.6. The summed E-state index contributed by atoms with van der Waals surface area (Å²) >= 11 is -0.452. The van der Waals surface area contributed by atoms with Crippen molar-refractivity contribution >= 4 is 38.5 Å². The highest BCUT2D eigenvalue weighted by Gasteiger charge is 2.14. The summed E-state index contributed by atoms with van der Waals surface area (Å²) in [6.07, 6.45) is 0. The first-order valence-corrected chi connectivity index (χ1v) is 10.8. The Kier molecular flexibility index (Phi) is 5.26. The molecule has 0 aliphatic heterocycles. The Hall–Kier alpha value is -2.54. The molecular weight excluding hydrogens is 388 g/mol. The van der Waals surface area contributed by atoms with Gasteiger partial charge in [-0.05, 0) is 61.4 Å². The van der Waals surface area contributed by atoms with E-state index in [0.717, 1.165) is 31.9 Å². The average molecular weight is 409 g/mol. The maximum absolute atomic E-state index is 11.9. The third kappa shape index (κ3) is 3.99. The van der Waals surface area contributed by atoms with Crippen molar-refractivity contribution in [1.29, 1.82) is 0 Å². The molecule has 0 amide bonds. The molecule has 28 heavy (non-hydrogen) atoms. The molecule has 1 unspecified atom stereocenters. The Morgan fingerprint density at radius 3 is 2.46 bits per heavy atom. The molecule has 0 saturated carbocycles. The second-order valence-electron chi connectivity index (χ2n) is 6.79.